The zero-order valence-electron chi connectivity index (χ0n) is 10.4. The highest BCUT2D eigenvalue weighted by molar-refractivity contribution is 7.89. The molecule has 1 aromatic rings. The number of rotatable bonds is 5. The molecule has 0 aliphatic rings. The van der Waals surface area contributed by atoms with Gasteiger partial charge in [0.25, 0.3) is 6.43 Å². The summed E-state index contributed by atoms with van der Waals surface area (Å²) in [5, 5.41) is 8.58. The van der Waals surface area contributed by atoms with Crippen LogP contribution in [-0.2, 0) is 10.0 Å². The Morgan fingerprint density at radius 1 is 1.42 bits per heavy atom. The Hall–Kier alpha value is -1.59. The van der Waals surface area contributed by atoms with Gasteiger partial charge in [0.05, 0.1) is 6.54 Å². The second-order valence-corrected chi connectivity index (χ2v) is 5.94. The van der Waals surface area contributed by atoms with E-state index in [-0.39, 0.29) is 10.6 Å². The van der Waals surface area contributed by atoms with Crippen LogP contribution < -0.4 is 0 Å². The van der Waals surface area contributed by atoms with E-state index in [0.717, 1.165) is 6.20 Å². The molecule has 0 spiro atoms. The van der Waals surface area contributed by atoms with Gasteiger partial charge in [0.2, 0.25) is 10.0 Å². The Labute approximate surface area is 110 Å². The molecule has 0 fully saturated rings. The van der Waals surface area contributed by atoms with Gasteiger partial charge >= 0.3 is 0 Å². The normalized spacial score (nSPS) is 12.1. The molecule has 0 radical (unpaired) electrons. The number of aromatic nitrogens is 1. The van der Waals surface area contributed by atoms with Crippen LogP contribution in [0.3, 0.4) is 0 Å². The lowest BCUT2D eigenvalue weighted by atomic mass is 10.4. The number of halogens is 2. The summed E-state index contributed by atoms with van der Waals surface area (Å²) in [6.45, 7) is 2.15. The molecular formula is C11H13F2N3O2S. The summed E-state index contributed by atoms with van der Waals surface area (Å²) < 4.78 is 50.0. The van der Waals surface area contributed by atoms with Gasteiger partial charge in [-0.15, -0.1) is 0 Å². The molecular weight excluding hydrogens is 276 g/mol. The van der Waals surface area contributed by atoms with E-state index < -0.39 is 29.0 Å². The van der Waals surface area contributed by atoms with Crippen LogP contribution >= 0.6 is 0 Å². The molecule has 1 heterocycles. The molecule has 1 aromatic heterocycles. The summed E-state index contributed by atoms with van der Waals surface area (Å²) in [4.78, 5) is 3.42. The maximum Gasteiger partial charge on any atom is 0.252 e. The quantitative estimate of drug-likeness (QED) is 0.825. The smallest absolute Gasteiger partial charge is 0.244 e. The van der Waals surface area contributed by atoms with E-state index in [1.165, 1.54) is 26.0 Å². The zero-order valence-corrected chi connectivity index (χ0v) is 11.2. The number of sulfonamides is 1. The molecule has 0 atom stereocenters. The van der Waals surface area contributed by atoms with Gasteiger partial charge in [-0.1, -0.05) is 0 Å². The van der Waals surface area contributed by atoms with Crippen molar-refractivity contribution >= 4 is 10.0 Å². The predicted molar refractivity (Wildman–Crippen MR) is 64.0 cm³/mol. The molecule has 0 aliphatic heterocycles. The van der Waals surface area contributed by atoms with Gasteiger partial charge in [0, 0.05) is 12.2 Å². The van der Waals surface area contributed by atoms with Crippen LogP contribution in [0.2, 0.25) is 0 Å². The largest absolute Gasteiger partial charge is 0.252 e. The second kappa shape index (κ2) is 6.04. The predicted octanol–water partition coefficient (Wildman–Crippen LogP) is 1.62. The third-order valence-electron chi connectivity index (χ3n) is 2.35. The molecule has 0 saturated heterocycles. The molecule has 0 unspecified atom stereocenters. The molecule has 0 aliphatic carbocycles. The zero-order chi connectivity index (χ0) is 14.6. The van der Waals surface area contributed by atoms with Crippen molar-refractivity contribution in [1.29, 1.82) is 5.26 Å². The number of alkyl halides is 2. The number of hydrogen-bond donors (Lipinski definition) is 0. The number of pyridine rings is 1. The average Bonchev–Trinajstić information content (AvgIpc) is 2.35. The van der Waals surface area contributed by atoms with Gasteiger partial charge in [0.15, 0.2) is 0 Å². The fraction of sp³-hybridized carbons (Fsp3) is 0.455. The van der Waals surface area contributed by atoms with E-state index >= 15 is 0 Å². The van der Waals surface area contributed by atoms with Crippen LogP contribution in [0.5, 0.6) is 0 Å². The van der Waals surface area contributed by atoms with Gasteiger partial charge < -0.3 is 0 Å². The van der Waals surface area contributed by atoms with Gasteiger partial charge in [-0.3, -0.25) is 0 Å². The first-order valence-electron chi connectivity index (χ1n) is 5.45. The Balaban J connectivity index is 3.15. The number of nitriles is 1. The van der Waals surface area contributed by atoms with Crippen molar-refractivity contribution in [1.82, 2.24) is 9.29 Å². The Morgan fingerprint density at radius 3 is 2.42 bits per heavy atom. The van der Waals surface area contributed by atoms with Crippen LogP contribution in [0, 0.1) is 11.3 Å². The topological polar surface area (TPSA) is 74.1 Å². The van der Waals surface area contributed by atoms with Gasteiger partial charge in [-0.25, -0.2) is 22.2 Å². The van der Waals surface area contributed by atoms with E-state index in [1.54, 1.807) is 6.07 Å². The third-order valence-corrected chi connectivity index (χ3v) is 4.38. The van der Waals surface area contributed by atoms with Gasteiger partial charge in [0.1, 0.15) is 16.7 Å². The minimum atomic E-state index is -4.04. The van der Waals surface area contributed by atoms with Gasteiger partial charge in [-0.2, -0.15) is 9.57 Å². The van der Waals surface area contributed by atoms with E-state index in [4.69, 9.17) is 5.26 Å². The van der Waals surface area contributed by atoms with Crippen molar-refractivity contribution in [3.63, 3.8) is 0 Å². The molecule has 5 nitrogen and oxygen atoms in total. The van der Waals surface area contributed by atoms with E-state index in [9.17, 15) is 17.2 Å². The Kier molecular flexibility index (Phi) is 4.91. The maximum absolute atomic E-state index is 12.4. The first-order valence-corrected chi connectivity index (χ1v) is 6.89. The van der Waals surface area contributed by atoms with Crippen LogP contribution in [0.15, 0.2) is 23.2 Å². The fourth-order valence-electron chi connectivity index (χ4n) is 1.46. The molecule has 0 bridgehead atoms. The summed E-state index contributed by atoms with van der Waals surface area (Å²) in [6, 6.07) is 3.56. The van der Waals surface area contributed by atoms with Crippen molar-refractivity contribution in [3.05, 3.63) is 24.0 Å². The number of hydrogen-bond acceptors (Lipinski definition) is 4. The molecule has 19 heavy (non-hydrogen) atoms. The van der Waals surface area contributed by atoms with E-state index in [1.807, 2.05) is 0 Å². The average molecular weight is 289 g/mol. The molecule has 0 saturated carbocycles. The van der Waals surface area contributed by atoms with Crippen molar-refractivity contribution in [2.75, 3.05) is 6.54 Å². The van der Waals surface area contributed by atoms with E-state index in [0.29, 0.717) is 4.31 Å². The molecule has 0 amide bonds. The molecule has 0 N–H and O–H groups in total. The summed E-state index contributed by atoms with van der Waals surface area (Å²) in [6.07, 6.45) is -1.77. The highest BCUT2D eigenvalue weighted by Gasteiger charge is 2.29. The lowest BCUT2D eigenvalue weighted by molar-refractivity contribution is 0.111. The Bertz CT molecular complexity index is 565. The summed E-state index contributed by atoms with van der Waals surface area (Å²) in [7, 11) is -4.04. The van der Waals surface area contributed by atoms with Crippen LogP contribution in [0.4, 0.5) is 8.78 Å². The van der Waals surface area contributed by atoms with Crippen molar-refractivity contribution < 1.29 is 17.2 Å². The second-order valence-electron chi connectivity index (χ2n) is 4.05. The minimum Gasteiger partial charge on any atom is -0.244 e. The van der Waals surface area contributed by atoms with Crippen molar-refractivity contribution in [2.45, 2.75) is 31.2 Å². The first-order chi connectivity index (χ1) is 8.78. The highest BCUT2D eigenvalue weighted by Crippen LogP contribution is 2.18. The van der Waals surface area contributed by atoms with Crippen LogP contribution in [0.1, 0.15) is 19.5 Å². The standard InChI is InChI=1S/C11H13F2N3O2S/c1-8(2)16(7-11(12)13)19(17,18)10-4-3-9(5-14)15-6-10/h3-4,6,8,11H,7H2,1-2H3. The molecule has 0 aromatic carbocycles. The van der Waals surface area contributed by atoms with Crippen molar-refractivity contribution in [3.8, 4) is 6.07 Å². The van der Waals surface area contributed by atoms with Gasteiger partial charge in [-0.05, 0) is 26.0 Å². The lowest BCUT2D eigenvalue weighted by Gasteiger charge is -2.25. The summed E-state index contributed by atoms with van der Waals surface area (Å²) in [5.41, 5.74) is 0.0592. The monoisotopic (exact) mass is 289 g/mol. The SMILES string of the molecule is CC(C)N(CC(F)F)S(=O)(=O)c1ccc(C#N)nc1. The maximum atomic E-state index is 12.4. The highest BCUT2D eigenvalue weighted by atomic mass is 32.2. The van der Waals surface area contributed by atoms with E-state index in [2.05, 4.69) is 4.98 Å². The molecule has 104 valence electrons. The van der Waals surface area contributed by atoms with Crippen LogP contribution in [-0.4, -0.2) is 36.7 Å². The minimum absolute atomic E-state index is 0.0592. The molecule has 1 rings (SSSR count). The van der Waals surface area contributed by atoms with Crippen LogP contribution in [0.25, 0.3) is 0 Å². The summed E-state index contributed by atoms with van der Waals surface area (Å²) in [5.74, 6) is 0. The lowest BCUT2D eigenvalue weighted by Crippen LogP contribution is -2.40. The first kappa shape index (κ1) is 15.5. The van der Waals surface area contributed by atoms with Crippen molar-refractivity contribution in [2.24, 2.45) is 0 Å². The third kappa shape index (κ3) is 3.68. The number of nitrogens with zero attached hydrogens (tertiary/aromatic N) is 3. The summed E-state index contributed by atoms with van der Waals surface area (Å²) >= 11 is 0. The molecule has 8 heteroatoms. The Morgan fingerprint density at radius 2 is 2.05 bits per heavy atom. The fourth-order valence-corrected chi connectivity index (χ4v) is 3.02.